The summed E-state index contributed by atoms with van der Waals surface area (Å²) in [7, 11) is 0. The summed E-state index contributed by atoms with van der Waals surface area (Å²) in [5, 5.41) is 0. The van der Waals surface area contributed by atoms with E-state index in [-0.39, 0.29) is 5.54 Å². The smallest absolute Gasteiger partial charge is 0.0593 e. The summed E-state index contributed by atoms with van der Waals surface area (Å²) in [5.41, 5.74) is 6.50. The predicted molar refractivity (Wildman–Crippen MR) is 48.9 cm³/mol. The van der Waals surface area contributed by atoms with Gasteiger partial charge in [-0.05, 0) is 26.2 Å². The van der Waals surface area contributed by atoms with Crippen molar-refractivity contribution in [2.24, 2.45) is 11.7 Å². The van der Waals surface area contributed by atoms with Crippen molar-refractivity contribution >= 4 is 0 Å². The Hall–Kier alpha value is -0.0800. The van der Waals surface area contributed by atoms with Gasteiger partial charge in [-0.1, -0.05) is 12.8 Å². The van der Waals surface area contributed by atoms with Crippen LogP contribution in [-0.2, 0) is 4.74 Å². The van der Waals surface area contributed by atoms with Crippen molar-refractivity contribution in [2.75, 3.05) is 6.61 Å². The number of hydrogen-bond donors (Lipinski definition) is 1. The lowest BCUT2D eigenvalue weighted by Crippen LogP contribution is -2.47. The molecular weight excluding hydrogens is 150 g/mol. The molecule has 2 nitrogen and oxygen atoms in total. The maximum Gasteiger partial charge on any atom is 0.0593 e. The van der Waals surface area contributed by atoms with Crippen LogP contribution in [-0.4, -0.2) is 18.2 Å². The molecule has 1 saturated heterocycles. The van der Waals surface area contributed by atoms with Gasteiger partial charge in [-0.2, -0.15) is 0 Å². The van der Waals surface area contributed by atoms with Gasteiger partial charge in [0, 0.05) is 18.1 Å². The summed E-state index contributed by atoms with van der Waals surface area (Å²) >= 11 is 0. The van der Waals surface area contributed by atoms with Crippen LogP contribution in [0.4, 0.5) is 0 Å². The first-order valence-corrected chi connectivity index (χ1v) is 5.13. The van der Waals surface area contributed by atoms with Crippen LogP contribution in [0.1, 0.15) is 39.0 Å². The third-order valence-electron chi connectivity index (χ3n) is 3.65. The standard InChI is InChI=1S/C10H19NO/c1-8-9(4-7-12-8)10(11)5-2-3-6-10/h8-9H,2-7,11H2,1H3. The van der Waals surface area contributed by atoms with Crippen molar-refractivity contribution in [3.8, 4) is 0 Å². The summed E-state index contributed by atoms with van der Waals surface area (Å²) < 4.78 is 5.56. The molecule has 0 aromatic heterocycles. The summed E-state index contributed by atoms with van der Waals surface area (Å²) in [6.45, 7) is 3.09. The van der Waals surface area contributed by atoms with E-state index in [0.717, 1.165) is 6.61 Å². The second-order valence-electron chi connectivity index (χ2n) is 4.41. The first kappa shape index (κ1) is 8.52. The summed E-state index contributed by atoms with van der Waals surface area (Å²) in [6, 6.07) is 0. The molecule has 0 spiro atoms. The minimum Gasteiger partial charge on any atom is -0.378 e. The van der Waals surface area contributed by atoms with E-state index in [4.69, 9.17) is 10.5 Å². The molecule has 70 valence electrons. The lowest BCUT2D eigenvalue weighted by atomic mass is 9.79. The maximum absolute atomic E-state index is 6.37. The second kappa shape index (κ2) is 3.00. The fourth-order valence-corrected chi connectivity index (χ4v) is 2.89. The first-order chi connectivity index (χ1) is 5.72. The Labute approximate surface area is 74.5 Å². The van der Waals surface area contributed by atoms with E-state index in [1.165, 1.54) is 32.1 Å². The average Bonchev–Trinajstić information content (AvgIpc) is 2.59. The normalized spacial score (nSPS) is 40.5. The predicted octanol–water partition coefficient (Wildman–Crippen LogP) is 1.68. The van der Waals surface area contributed by atoms with Crippen molar-refractivity contribution in [2.45, 2.75) is 50.7 Å². The molecule has 0 amide bonds. The van der Waals surface area contributed by atoms with Crippen LogP contribution in [0.2, 0.25) is 0 Å². The van der Waals surface area contributed by atoms with Crippen molar-refractivity contribution in [1.82, 2.24) is 0 Å². The van der Waals surface area contributed by atoms with Crippen LogP contribution in [0.15, 0.2) is 0 Å². The SMILES string of the molecule is CC1OCCC1C1(N)CCCC1. The van der Waals surface area contributed by atoms with E-state index in [1.54, 1.807) is 0 Å². The van der Waals surface area contributed by atoms with Gasteiger partial charge in [-0.15, -0.1) is 0 Å². The minimum atomic E-state index is 0.121. The van der Waals surface area contributed by atoms with Gasteiger partial charge >= 0.3 is 0 Å². The Balaban J connectivity index is 2.06. The molecule has 2 unspecified atom stereocenters. The summed E-state index contributed by atoms with van der Waals surface area (Å²) in [4.78, 5) is 0. The van der Waals surface area contributed by atoms with Crippen LogP contribution in [0.3, 0.4) is 0 Å². The fraction of sp³-hybridized carbons (Fsp3) is 1.00. The van der Waals surface area contributed by atoms with E-state index in [1.807, 2.05) is 0 Å². The Kier molecular flexibility index (Phi) is 2.13. The molecule has 12 heavy (non-hydrogen) atoms. The van der Waals surface area contributed by atoms with Gasteiger partial charge in [0.25, 0.3) is 0 Å². The van der Waals surface area contributed by atoms with Crippen LogP contribution in [0.25, 0.3) is 0 Å². The van der Waals surface area contributed by atoms with Crippen LogP contribution in [0.5, 0.6) is 0 Å². The highest BCUT2D eigenvalue weighted by Crippen LogP contribution is 2.40. The van der Waals surface area contributed by atoms with Crippen molar-refractivity contribution in [3.63, 3.8) is 0 Å². The number of ether oxygens (including phenoxy) is 1. The van der Waals surface area contributed by atoms with Gasteiger partial charge in [-0.25, -0.2) is 0 Å². The Morgan fingerprint density at radius 2 is 2.00 bits per heavy atom. The molecular formula is C10H19NO. The summed E-state index contributed by atoms with van der Waals surface area (Å²) in [6.07, 6.45) is 6.64. The van der Waals surface area contributed by atoms with Gasteiger partial charge in [0.15, 0.2) is 0 Å². The third kappa shape index (κ3) is 1.27. The summed E-state index contributed by atoms with van der Waals surface area (Å²) in [5.74, 6) is 0.625. The van der Waals surface area contributed by atoms with E-state index in [0.29, 0.717) is 12.0 Å². The van der Waals surface area contributed by atoms with E-state index in [9.17, 15) is 0 Å². The van der Waals surface area contributed by atoms with Crippen LogP contribution < -0.4 is 5.73 Å². The molecule has 2 N–H and O–H groups in total. The van der Waals surface area contributed by atoms with Gasteiger partial charge in [0.1, 0.15) is 0 Å². The van der Waals surface area contributed by atoms with Gasteiger partial charge in [0.05, 0.1) is 6.10 Å². The third-order valence-corrected chi connectivity index (χ3v) is 3.65. The molecule has 2 rings (SSSR count). The molecule has 1 aliphatic heterocycles. The molecule has 0 bridgehead atoms. The molecule has 0 aromatic carbocycles. The molecule has 2 heteroatoms. The molecule has 1 aliphatic carbocycles. The second-order valence-corrected chi connectivity index (χ2v) is 4.41. The minimum absolute atomic E-state index is 0.121. The largest absolute Gasteiger partial charge is 0.378 e. The Bertz CT molecular complexity index is 163. The molecule has 1 saturated carbocycles. The van der Waals surface area contributed by atoms with E-state index >= 15 is 0 Å². The van der Waals surface area contributed by atoms with Crippen molar-refractivity contribution in [1.29, 1.82) is 0 Å². The lowest BCUT2D eigenvalue weighted by molar-refractivity contribution is 0.0827. The number of hydrogen-bond acceptors (Lipinski definition) is 2. The lowest BCUT2D eigenvalue weighted by Gasteiger charge is -2.32. The topological polar surface area (TPSA) is 35.2 Å². The highest BCUT2D eigenvalue weighted by molar-refractivity contribution is 4.99. The van der Waals surface area contributed by atoms with Gasteiger partial charge in [-0.3, -0.25) is 0 Å². The van der Waals surface area contributed by atoms with Crippen LogP contribution in [0, 0.1) is 5.92 Å². The quantitative estimate of drug-likeness (QED) is 0.648. The molecule has 0 aromatic rings. The average molecular weight is 169 g/mol. The maximum atomic E-state index is 6.37. The van der Waals surface area contributed by atoms with Crippen molar-refractivity contribution in [3.05, 3.63) is 0 Å². The highest BCUT2D eigenvalue weighted by atomic mass is 16.5. The zero-order valence-electron chi connectivity index (χ0n) is 7.88. The zero-order chi connectivity index (χ0) is 8.60. The van der Waals surface area contributed by atoms with Crippen LogP contribution >= 0.6 is 0 Å². The molecule has 2 fully saturated rings. The number of rotatable bonds is 1. The van der Waals surface area contributed by atoms with Gasteiger partial charge < -0.3 is 10.5 Å². The highest BCUT2D eigenvalue weighted by Gasteiger charge is 2.42. The first-order valence-electron chi connectivity index (χ1n) is 5.13. The van der Waals surface area contributed by atoms with E-state index in [2.05, 4.69) is 6.92 Å². The molecule has 0 radical (unpaired) electrons. The Morgan fingerprint density at radius 1 is 1.33 bits per heavy atom. The molecule has 2 aliphatic rings. The fourth-order valence-electron chi connectivity index (χ4n) is 2.89. The molecule has 2 atom stereocenters. The zero-order valence-corrected chi connectivity index (χ0v) is 7.88. The van der Waals surface area contributed by atoms with Crippen molar-refractivity contribution < 1.29 is 4.74 Å². The van der Waals surface area contributed by atoms with E-state index < -0.39 is 0 Å². The molecule has 1 heterocycles. The monoisotopic (exact) mass is 169 g/mol. The number of nitrogens with two attached hydrogens (primary N) is 1. The Morgan fingerprint density at radius 3 is 2.50 bits per heavy atom. The van der Waals surface area contributed by atoms with Gasteiger partial charge in [0.2, 0.25) is 0 Å².